The molecule has 7 rings (SSSR count). The number of nitrogens with one attached hydrogen (secondary N) is 2. The third-order valence-corrected chi connectivity index (χ3v) is 7.08. The maximum atomic E-state index is 15.7. The largest absolute Gasteiger partial charge is 0.481 e. The van der Waals surface area contributed by atoms with Crippen molar-refractivity contribution in [2.24, 2.45) is 17.8 Å². The molecule has 34 heavy (non-hydrogen) atoms. The number of hydrogen-bond donors (Lipinski definition) is 3. The number of aromatic nitrogens is 6. The van der Waals surface area contributed by atoms with Gasteiger partial charge in [-0.2, -0.15) is 8.78 Å². The Bertz CT molecular complexity index is 1380. The summed E-state index contributed by atoms with van der Waals surface area (Å²) >= 11 is 0. The lowest BCUT2D eigenvalue weighted by Crippen LogP contribution is -2.51. The second-order valence-corrected chi connectivity index (χ2v) is 8.93. The summed E-state index contributed by atoms with van der Waals surface area (Å²) in [5.74, 6) is -2.76. The van der Waals surface area contributed by atoms with Gasteiger partial charge in [-0.1, -0.05) is 0 Å². The van der Waals surface area contributed by atoms with Gasteiger partial charge in [-0.15, -0.1) is 0 Å². The van der Waals surface area contributed by atoms with Gasteiger partial charge < -0.3 is 20.0 Å². The average Bonchev–Trinajstić information content (AvgIpc) is 3.51. The van der Waals surface area contributed by atoms with Gasteiger partial charge in [-0.05, 0) is 49.7 Å². The van der Waals surface area contributed by atoms with E-state index >= 15 is 4.39 Å². The lowest BCUT2D eigenvalue weighted by Gasteiger charge is -2.47. The number of carbonyl (C=O) groups is 1. The molecule has 4 aromatic rings. The Morgan fingerprint density at radius 3 is 2.56 bits per heavy atom. The first-order valence-electron chi connectivity index (χ1n) is 11.2. The minimum absolute atomic E-state index is 0.0101. The van der Waals surface area contributed by atoms with Crippen LogP contribution in [0.25, 0.3) is 28.4 Å². The van der Waals surface area contributed by atoms with Crippen molar-refractivity contribution in [3.05, 3.63) is 48.7 Å². The standard InChI is InChI=1S/C23H21F2N7O2/c24-14-10-27-21-18(28-14)13(9-26-21)19-30-20(16(25)22(31-19)32-7-1-2-8-32)29-17-12-5-3-11(4-6-12)15(17)23(33)34/h1-2,7-12,15,17H,3-6H2,(H,26,27)(H,33,34)(H,29,30,31)/t11?,12?,15-,17-/m0/s1. The minimum Gasteiger partial charge on any atom is -0.481 e. The average molecular weight is 465 g/mol. The molecule has 174 valence electrons. The van der Waals surface area contributed by atoms with Crippen molar-refractivity contribution in [3.8, 4) is 17.2 Å². The predicted octanol–water partition coefficient (Wildman–Crippen LogP) is 3.79. The number of nitrogens with zero attached hydrogens (tertiary/aromatic N) is 5. The summed E-state index contributed by atoms with van der Waals surface area (Å²) in [6.45, 7) is 0. The van der Waals surface area contributed by atoms with Crippen LogP contribution in [0, 0.1) is 29.5 Å². The van der Waals surface area contributed by atoms with E-state index in [1.165, 1.54) is 4.57 Å². The molecule has 0 amide bonds. The lowest BCUT2D eigenvalue weighted by atomic mass is 9.61. The maximum absolute atomic E-state index is 15.7. The normalized spacial score (nSPS) is 23.9. The number of aromatic amines is 1. The molecule has 3 aliphatic carbocycles. The van der Waals surface area contributed by atoms with E-state index in [2.05, 4.69) is 30.2 Å². The fourth-order valence-corrected chi connectivity index (χ4v) is 5.51. The van der Waals surface area contributed by atoms with Gasteiger partial charge >= 0.3 is 5.97 Å². The van der Waals surface area contributed by atoms with E-state index in [0.717, 1.165) is 31.9 Å². The van der Waals surface area contributed by atoms with Gasteiger partial charge in [0.1, 0.15) is 5.52 Å². The Labute approximate surface area is 192 Å². The third-order valence-electron chi connectivity index (χ3n) is 7.08. The van der Waals surface area contributed by atoms with E-state index in [1.807, 2.05) is 0 Å². The molecule has 3 N–H and O–H groups in total. The molecule has 3 saturated carbocycles. The van der Waals surface area contributed by atoms with Crippen molar-refractivity contribution in [2.45, 2.75) is 31.7 Å². The quantitative estimate of drug-likeness (QED) is 0.410. The van der Waals surface area contributed by atoms with Crippen LogP contribution in [0.3, 0.4) is 0 Å². The highest BCUT2D eigenvalue weighted by molar-refractivity contribution is 5.88. The fourth-order valence-electron chi connectivity index (χ4n) is 5.51. The van der Waals surface area contributed by atoms with Crippen LogP contribution in [-0.2, 0) is 4.79 Å². The van der Waals surface area contributed by atoms with Gasteiger partial charge in [0.2, 0.25) is 11.8 Å². The molecule has 2 atom stereocenters. The molecular formula is C23H21F2N7O2. The first-order valence-corrected chi connectivity index (χ1v) is 11.2. The van der Waals surface area contributed by atoms with Crippen molar-refractivity contribution in [1.82, 2.24) is 29.5 Å². The maximum Gasteiger partial charge on any atom is 0.308 e. The van der Waals surface area contributed by atoms with Crippen LogP contribution in [0.1, 0.15) is 25.7 Å². The van der Waals surface area contributed by atoms with Crippen LogP contribution in [0.15, 0.2) is 36.9 Å². The molecule has 0 aliphatic heterocycles. The molecule has 3 aliphatic rings. The number of H-pyrrole nitrogens is 1. The third kappa shape index (κ3) is 3.30. The molecule has 11 heteroatoms. The lowest BCUT2D eigenvalue weighted by molar-refractivity contribution is -0.148. The Hall–Kier alpha value is -3.89. The first kappa shape index (κ1) is 20.7. The summed E-state index contributed by atoms with van der Waals surface area (Å²) in [7, 11) is 0. The molecule has 0 unspecified atom stereocenters. The number of anilines is 1. The van der Waals surface area contributed by atoms with Crippen LogP contribution < -0.4 is 5.32 Å². The van der Waals surface area contributed by atoms with Gasteiger partial charge in [0.25, 0.3) is 0 Å². The Morgan fingerprint density at radius 1 is 1.09 bits per heavy atom. The Kier molecular flexibility index (Phi) is 4.78. The van der Waals surface area contributed by atoms with Crippen LogP contribution in [0.2, 0.25) is 0 Å². The highest BCUT2D eigenvalue weighted by atomic mass is 19.1. The highest BCUT2D eigenvalue weighted by Gasteiger charge is 2.47. The molecule has 3 fully saturated rings. The summed E-state index contributed by atoms with van der Waals surface area (Å²) < 4.78 is 31.0. The molecule has 4 aromatic heterocycles. The Balaban J connectivity index is 1.49. The van der Waals surface area contributed by atoms with E-state index in [9.17, 15) is 14.3 Å². The zero-order valence-corrected chi connectivity index (χ0v) is 17.9. The zero-order chi connectivity index (χ0) is 23.4. The number of halogens is 2. The molecule has 2 bridgehead atoms. The molecule has 9 nitrogen and oxygen atoms in total. The number of rotatable bonds is 5. The predicted molar refractivity (Wildman–Crippen MR) is 118 cm³/mol. The monoisotopic (exact) mass is 465 g/mol. The number of carboxylic acid groups (broad SMARTS) is 1. The van der Waals surface area contributed by atoms with Gasteiger partial charge in [0.15, 0.2) is 23.1 Å². The van der Waals surface area contributed by atoms with Crippen molar-refractivity contribution in [2.75, 3.05) is 5.32 Å². The van der Waals surface area contributed by atoms with Crippen LogP contribution in [-0.4, -0.2) is 46.6 Å². The molecule has 0 aromatic carbocycles. The molecule has 4 heterocycles. The Morgan fingerprint density at radius 2 is 1.82 bits per heavy atom. The van der Waals surface area contributed by atoms with Crippen LogP contribution in [0.5, 0.6) is 0 Å². The van der Waals surface area contributed by atoms with Gasteiger partial charge in [-0.25, -0.2) is 19.9 Å². The number of carboxylic acids is 1. The van der Waals surface area contributed by atoms with E-state index in [4.69, 9.17) is 0 Å². The summed E-state index contributed by atoms with van der Waals surface area (Å²) in [5.41, 5.74) is 0.923. The summed E-state index contributed by atoms with van der Waals surface area (Å²) in [4.78, 5) is 31.7. The van der Waals surface area contributed by atoms with E-state index < -0.39 is 29.7 Å². The number of aliphatic carboxylic acids is 1. The second-order valence-electron chi connectivity index (χ2n) is 8.93. The smallest absolute Gasteiger partial charge is 0.308 e. The number of hydrogen-bond acceptors (Lipinski definition) is 6. The van der Waals surface area contributed by atoms with Crippen molar-refractivity contribution < 1.29 is 18.7 Å². The van der Waals surface area contributed by atoms with Crippen molar-refractivity contribution in [1.29, 1.82) is 0 Å². The van der Waals surface area contributed by atoms with E-state index in [-0.39, 0.29) is 34.8 Å². The minimum atomic E-state index is -0.880. The summed E-state index contributed by atoms with van der Waals surface area (Å²) in [6.07, 6.45) is 9.37. The van der Waals surface area contributed by atoms with E-state index in [1.54, 1.807) is 30.7 Å². The van der Waals surface area contributed by atoms with Gasteiger partial charge in [0, 0.05) is 24.6 Å². The van der Waals surface area contributed by atoms with Crippen molar-refractivity contribution in [3.63, 3.8) is 0 Å². The second kappa shape index (κ2) is 7.86. The SMILES string of the molecule is O=C(O)[C@H]1C2CCC(CC2)[C@@H]1Nc1nc(-c2c[nH]c3ncc(F)nc23)nc(-n2cccc2)c1F. The summed E-state index contributed by atoms with van der Waals surface area (Å²) in [5, 5.41) is 13.0. The highest BCUT2D eigenvalue weighted by Crippen LogP contribution is 2.46. The van der Waals surface area contributed by atoms with Crippen LogP contribution >= 0.6 is 0 Å². The number of fused-ring (bicyclic) bond motifs is 4. The topological polar surface area (TPSA) is 122 Å². The van der Waals surface area contributed by atoms with Gasteiger partial charge in [-0.3, -0.25) is 4.79 Å². The first-order chi connectivity index (χ1) is 16.5. The molecule has 0 saturated heterocycles. The molecule has 0 radical (unpaired) electrons. The molecule has 0 spiro atoms. The summed E-state index contributed by atoms with van der Waals surface area (Å²) in [6, 6.07) is 3.03. The molecular weight excluding hydrogens is 444 g/mol. The van der Waals surface area contributed by atoms with Crippen LogP contribution in [0.4, 0.5) is 14.6 Å². The van der Waals surface area contributed by atoms with E-state index in [0.29, 0.717) is 11.2 Å². The zero-order valence-electron chi connectivity index (χ0n) is 17.9. The van der Waals surface area contributed by atoms with Gasteiger partial charge in [0.05, 0.1) is 17.7 Å². The van der Waals surface area contributed by atoms with Crippen molar-refractivity contribution >= 4 is 23.0 Å². The fraction of sp³-hybridized carbons (Fsp3) is 0.348.